The molecule has 8 nitrogen and oxygen atoms in total. The van der Waals surface area contributed by atoms with Gasteiger partial charge in [-0.05, 0) is 79.0 Å². The van der Waals surface area contributed by atoms with E-state index >= 15 is 0 Å². The molecule has 3 heterocycles. The summed E-state index contributed by atoms with van der Waals surface area (Å²) in [5, 5.41) is 12.8. The summed E-state index contributed by atoms with van der Waals surface area (Å²) < 4.78 is 13.5. The van der Waals surface area contributed by atoms with Crippen LogP contribution in [0.1, 0.15) is 86.1 Å². The van der Waals surface area contributed by atoms with E-state index in [9.17, 15) is 19.5 Å². The van der Waals surface area contributed by atoms with Gasteiger partial charge in [0.2, 0.25) is 5.91 Å². The van der Waals surface area contributed by atoms with Crippen molar-refractivity contribution in [3.05, 3.63) is 87.8 Å². The minimum Gasteiger partial charge on any atom is -0.493 e. The summed E-state index contributed by atoms with van der Waals surface area (Å²) in [6.07, 6.45) is 7.25. The van der Waals surface area contributed by atoms with Crippen LogP contribution in [0.15, 0.2) is 65.6 Å². The molecule has 3 aromatic rings. The van der Waals surface area contributed by atoms with Gasteiger partial charge in [-0.1, -0.05) is 49.6 Å². The largest absolute Gasteiger partial charge is 0.493 e. The summed E-state index contributed by atoms with van der Waals surface area (Å²) in [5.41, 5.74) is 4.67. The van der Waals surface area contributed by atoms with Crippen molar-refractivity contribution >= 4 is 11.9 Å². The molecule has 8 heteroatoms. The number of aryl methyl sites for hydroxylation is 1. The van der Waals surface area contributed by atoms with Crippen LogP contribution in [0.2, 0.25) is 0 Å². The molecule has 2 bridgehead atoms. The van der Waals surface area contributed by atoms with E-state index in [1.807, 2.05) is 24.3 Å². The van der Waals surface area contributed by atoms with E-state index in [0.717, 1.165) is 74.2 Å². The fourth-order valence-corrected chi connectivity index (χ4v) is 6.21. The Morgan fingerprint density at radius 2 is 1.74 bits per heavy atom. The molecule has 1 amide bonds. The maximum atomic E-state index is 13.7. The molecule has 1 saturated heterocycles. The average molecular weight is 573 g/mol. The van der Waals surface area contributed by atoms with Crippen molar-refractivity contribution < 1.29 is 24.2 Å². The van der Waals surface area contributed by atoms with Crippen LogP contribution in [0, 0.1) is 6.92 Å². The third-order valence-corrected chi connectivity index (χ3v) is 8.41. The van der Waals surface area contributed by atoms with E-state index in [1.165, 1.54) is 16.2 Å². The molecule has 0 saturated carbocycles. The van der Waals surface area contributed by atoms with Crippen LogP contribution in [0.25, 0.3) is 11.1 Å². The number of pyridine rings is 1. The number of carboxylic acid groups (broad SMARTS) is 1. The summed E-state index contributed by atoms with van der Waals surface area (Å²) in [7, 11) is 0. The number of aliphatic carboxylic acids is 1. The van der Waals surface area contributed by atoms with Crippen molar-refractivity contribution in [3.8, 4) is 16.9 Å². The number of carbonyl (C=O) groups excluding carboxylic acids is 1. The van der Waals surface area contributed by atoms with Gasteiger partial charge < -0.3 is 24.5 Å². The van der Waals surface area contributed by atoms with Crippen LogP contribution >= 0.6 is 0 Å². The van der Waals surface area contributed by atoms with Crippen molar-refractivity contribution in [2.24, 2.45) is 0 Å². The summed E-state index contributed by atoms with van der Waals surface area (Å²) in [5.74, 6) is -0.107. The third-order valence-electron chi connectivity index (χ3n) is 8.41. The fourth-order valence-electron chi connectivity index (χ4n) is 6.21. The topological polar surface area (TPSA) is 107 Å². The zero-order chi connectivity index (χ0) is 29.5. The summed E-state index contributed by atoms with van der Waals surface area (Å²) >= 11 is 0. The van der Waals surface area contributed by atoms with Gasteiger partial charge >= 0.3 is 5.97 Å². The first-order chi connectivity index (χ1) is 20.4. The van der Waals surface area contributed by atoms with Gasteiger partial charge in [-0.25, -0.2) is 0 Å². The number of benzene rings is 2. The molecule has 1 fully saturated rings. The van der Waals surface area contributed by atoms with E-state index in [1.54, 1.807) is 18.3 Å². The lowest BCUT2D eigenvalue weighted by Crippen LogP contribution is -2.39. The number of ether oxygens (including phenoxy) is 2. The van der Waals surface area contributed by atoms with Crippen molar-refractivity contribution in [1.29, 1.82) is 0 Å². The summed E-state index contributed by atoms with van der Waals surface area (Å²) in [6.45, 7) is 4.20. The maximum absolute atomic E-state index is 13.7. The lowest BCUT2D eigenvalue weighted by molar-refractivity contribution is -0.138. The summed E-state index contributed by atoms with van der Waals surface area (Å²) in [4.78, 5) is 38.3. The predicted molar refractivity (Wildman–Crippen MR) is 161 cm³/mol. The van der Waals surface area contributed by atoms with Gasteiger partial charge in [-0.15, -0.1) is 0 Å². The van der Waals surface area contributed by atoms with Crippen molar-refractivity contribution in [1.82, 2.24) is 9.88 Å². The molecule has 0 radical (unpaired) electrons. The zero-order valence-electron chi connectivity index (χ0n) is 24.2. The number of carbonyl (C=O) groups is 2. The van der Waals surface area contributed by atoms with Crippen LogP contribution in [0.4, 0.5) is 0 Å². The Morgan fingerprint density at radius 3 is 2.52 bits per heavy atom. The second-order valence-electron chi connectivity index (χ2n) is 11.4. The van der Waals surface area contributed by atoms with Gasteiger partial charge in [0.25, 0.3) is 5.56 Å². The second kappa shape index (κ2) is 13.8. The number of nitrogens with zero attached hydrogens (tertiary/aromatic N) is 1. The molecule has 2 aromatic carbocycles. The molecular weight excluding hydrogens is 532 g/mol. The molecule has 1 aromatic heterocycles. The SMILES string of the molecule is Cc1cc(C2CCOCC2)cc2c1-c1cccc(c1)[C@H](CC(=O)O)NC(=O)[C@@H](n1ccccc1=O)CCCCCCO2. The molecule has 0 unspecified atom stereocenters. The zero-order valence-corrected chi connectivity index (χ0v) is 24.2. The third kappa shape index (κ3) is 7.10. The molecule has 2 aliphatic rings. The number of hydrogen-bond acceptors (Lipinski definition) is 5. The lowest BCUT2D eigenvalue weighted by Gasteiger charge is -2.26. The van der Waals surface area contributed by atoms with Crippen LogP contribution in [-0.4, -0.2) is 41.4 Å². The smallest absolute Gasteiger partial charge is 0.305 e. The van der Waals surface area contributed by atoms with E-state index in [2.05, 4.69) is 24.4 Å². The Morgan fingerprint density at radius 1 is 0.929 bits per heavy atom. The fraction of sp³-hybridized carbons (Fsp3) is 0.441. The van der Waals surface area contributed by atoms with Crippen molar-refractivity contribution in [3.63, 3.8) is 0 Å². The van der Waals surface area contributed by atoms with E-state index in [4.69, 9.17) is 9.47 Å². The number of amides is 1. The van der Waals surface area contributed by atoms with Gasteiger partial charge in [0.1, 0.15) is 11.8 Å². The summed E-state index contributed by atoms with van der Waals surface area (Å²) in [6, 6.07) is 15.4. The molecule has 0 aliphatic carbocycles. The average Bonchev–Trinajstić information content (AvgIpc) is 2.98. The Labute approximate surface area is 246 Å². The monoisotopic (exact) mass is 572 g/mol. The minimum atomic E-state index is -1.02. The maximum Gasteiger partial charge on any atom is 0.305 e. The molecule has 42 heavy (non-hydrogen) atoms. The van der Waals surface area contributed by atoms with Crippen LogP contribution in [0.3, 0.4) is 0 Å². The molecular formula is C34H40N2O6. The van der Waals surface area contributed by atoms with Gasteiger partial charge in [0, 0.05) is 31.0 Å². The highest BCUT2D eigenvalue weighted by Crippen LogP contribution is 2.39. The number of fused-ring (bicyclic) bond motifs is 4. The highest BCUT2D eigenvalue weighted by Gasteiger charge is 2.27. The number of hydrogen-bond donors (Lipinski definition) is 2. The Kier molecular flexibility index (Phi) is 9.74. The first-order valence-electron chi connectivity index (χ1n) is 15.1. The Balaban J connectivity index is 1.55. The van der Waals surface area contributed by atoms with E-state index in [0.29, 0.717) is 24.5 Å². The molecule has 2 aliphatic heterocycles. The van der Waals surface area contributed by atoms with Gasteiger partial charge in [-0.3, -0.25) is 14.4 Å². The normalized spacial score (nSPS) is 20.6. The Hall–Kier alpha value is -3.91. The van der Waals surface area contributed by atoms with Crippen LogP contribution in [-0.2, 0) is 14.3 Å². The van der Waals surface area contributed by atoms with Gasteiger partial charge in [0.05, 0.1) is 19.1 Å². The molecule has 2 N–H and O–H groups in total. The van der Waals surface area contributed by atoms with E-state index in [-0.39, 0.29) is 17.9 Å². The number of carboxylic acids is 1. The predicted octanol–water partition coefficient (Wildman–Crippen LogP) is 5.93. The highest BCUT2D eigenvalue weighted by atomic mass is 16.5. The standard InChI is InChI=1S/C34H40N2O6/c1-23-19-27(24-13-17-41-18-14-24)21-30-33(23)26-10-8-9-25(20-26)28(22-32(38)39)35-34(40)29(11-4-2-3-7-16-42-30)36-15-6-5-12-31(36)37/h5-6,8-10,12,15,19-21,24,28-29H,2-4,7,11,13-14,16-18,22H2,1H3,(H,35,40)(H,38,39)/t28-,29-/m0/s1. The van der Waals surface area contributed by atoms with Gasteiger partial charge in [0.15, 0.2) is 0 Å². The first kappa shape index (κ1) is 29.6. The molecule has 2 atom stereocenters. The quantitative estimate of drug-likeness (QED) is 0.401. The number of nitrogens with one attached hydrogen (secondary N) is 1. The highest BCUT2D eigenvalue weighted by molar-refractivity contribution is 5.82. The van der Waals surface area contributed by atoms with Crippen LogP contribution < -0.4 is 15.6 Å². The van der Waals surface area contributed by atoms with Crippen LogP contribution in [0.5, 0.6) is 5.75 Å². The number of rotatable bonds is 4. The lowest BCUT2D eigenvalue weighted by atomic mass is 9.87. The second-order valence-corrected chi connectivity index (χ2v) is 11.4. The van der Waals surface area contributed by atoms with E-state index < -0.39 is 18.1 Å². The van der Waals surface area contributed by atoms with Crippen molar-refractivity contribution in [2.45, 2.75) is 76.3 Å². The molecule has 222 valence electrons. The molecule has 0 spiro atoms. The van der Waals surface area contributed by atoms with Gasteiger partial charge in [-0.2, -0.15) is 0 Å². The first-order valence-corrected chi connectivity index (χ1v) is 15.1. The number of aromatic nitrogens is 1. The molecule has 5 rings (SSSR count). The minimum absolute atomic E-state index is 0.260. The Bertz CT molecular complexity index is 1460. The van der Waals surface area contributed by atoms with Crippen molar-refractivity contribution in [2.75, 3.05) is 19.8 Å².